The van der Waals surface area contributed by atoms with E-state index in [2.05, 4.69) is 0 Å². The van der Waals surface area contributed by atoms with Gasteiger partial charge in [0.2, 0.25) is 0 Å². The van der Waals surface area contributed by atoms with Crippen molar-refractivity contribution in [2.24, 2.45) is 5.92 Å². The predicted octanol–water partition coefficient (Wildman–Crippen LogP) is 2.19. The van der Waals surface area contributed by atoms with Gasteiger partial charge >= 0.3 is 0 Å². The minimum absolute atomic E-state index is 0.347. The molecule has 1 heteroatoms. The van der Waals surface area contributed by atoms with Gasteiger partial charge in [0.25, 0.3) is 0 Å². The summed E-state index contributed by atoms with van der Waals surface area (Å²) in [4.78, 5) is 0. The topological polar surface area (TPSA) is 20.2 Å². The second kappa shape index (κ2) is 2.53. The Labute approximate surface area is 55.0 Å². The summed E-state index contributed by atoms with van der Waals surface area (Å²) in [7, 11) is 0. The van der Waals surface area contributed by atoms with Crippen LogP contribution in [0.15, 0.2) is 36.1 Å². The van der Waals surface area contributed by atoms with Crippen molar-refractivity contribution in [2.45, 2.75) is 6.92 Å². The van der Waals surface area contributed by atoms with Crippen LogP contribution in [0.2, 0.25) is 0 Å². The van der Waals surface area contributed by atoms with E-state index in [1.165, 1.54) is 0 Å². The number of aliphatic hydroxyl groups excluding tert-OH is 1. The molecule has 1 aliphatic rings. The predicted molar refractivity (Wildman–Crippen MR) is 38.2 cm³/mol. The average Bonchev–Trinajstić information content (AvgIpc) is 1.93. The van der Waals surface area contributed by atoms with Gasteiger partial charge in [-0.3, -0.25) is 0 Å². The lowest BCUT2D eigenvalue weighted by Crippen LogP contribution is -1.82. The number of hydrogen-bond acceptors (Lipinski definition) is 1. The Morgan fingerprint density at radius 3 is 3.00 bits per heavy atom. The third kappa shape index (κ3) is 1.76. The minimum Gasteiger partial charge on any atom is -0.508 e. The monoisotopic (exact) mass is 122 g/mol. The maximum atomic E-state index is 8.99. The van der Waals surface area contributed by atoms with E-state index in [1.54, 1.807) is 12.2 Å². The van der Waals surface area contributed by atoms with Gasteiger partial charge in [0.15, 0.2) is 0 Å². The molecule has 0 spiro atoms. The minimum atomic E-state index is 0.347. The van der Waals surface area contributed by atoms with Gasteiger partial charge in [0.1, 0.15) is 5.76 Å². The van der Waals surface area contributed by atoms with Gasteiger partial charge in [-0.25, -0.2) is 0 Å². The van der Waals surface area contributed by atoms with E-state index in [0.29, 0.717) is 11.7 Å². The van der Waals surface area contributed by atoms with Gasteiger partial charge in [-0.1, -0.05) is 25.2 Å². The van der Waals surface area contributed by atoms with Crippen LogP contribution in [0.4, 0.5) is 0 Å². The third-order valence-electron chi connectivity index (χ3n) is 1.23. The third-order valence-corrected chi connectivity index (χ3v) is 1.23. The van der Waals surface area contributed by atoms with E-state index >= 15 is 0 Å². The second-order valence-electron chi connectivity index (χ2n) is 2.19. The summed E-state index contributed by atoms with van der Waals surface area (Å²) >= 11 is 0. The van der Waals surface area contributed by atoms with Crippen molar-refractivity contribution in [3.05, 3.63) is 36.1 Å². The first kappa shape index (κ1) is 6.14. The van der Waals surface area contributed by atoms with Crippen LogP contribution in [-0.2, 0) is 0 Å². The van der Waals surface area contributed by atoms with Crippen LogP contribution in [0.1, 0.15) is 6.92 Å². The summed E-state index contributed by atoms with van der Waals surface area (Å²) in [5.74, 6) is 0.701. The molecule has 1 aliphatic carbocycles. The Morgan fingerprint density at radius 2 is 2.22 bits per heavy atom. The summed E-state index contributed by atoms with van der Waals surface area (Å²) in [5.41, 5.74) is 0. The highest BCUT2D eigenvalue weighted by molar-refractivity contribution is 5.22. The van der Waals surface area contributed by atoms with Crippen molar-refractivity contribution in [1.82, 2.24) is 0 Å². The molecule has 1 nitrogen and oxygen atoms in total. The molecule has 0 saturated heterocycles. The molecule has 48 valence electrons. The number of rotatable bonds is 0. The second-order valence-corrected chi connectivity index (χ2v) is 2.19. The van der Waals surface area contributed by atoms with Crippen molar-refractivity contribution in [1.29, 1.82) is 0 Å². The van der Waals surface area contributed by atoms with Crippen molar-refractivity contribution in [2.75, 3.05) is 0 Å². The van der Waals surface area contributed by atoms with Crippen LogP contribution < -0.4 is 0 Å². The zero-order valence-corrected chi connectivity index (χ0v) is 5.41. The smallest absolute Gasteiger partial charge is 0.112 e. The number of hydrogen-bond donors (Lipinski definition) is 1. The van der Waals surface area contributed by atoms with E-state index in [-0.39, 0.29) is 0 Å². The fourth-order valence-electron chi connectivity index (χ4n) is 0.774. The molecular weight excluding hydrogens is 112 g/mol. The number of aliphatic hydroxyl groups is 1. The molecule has 1 N–H and O–H groups in total. The fraction of sp³-hybridized carbons (Fsp3) is 0.250. The first-order valence-corrected chi connectivity index (χ1v) is 3.04. The molecule has 0 amide bonds. The summed E-state index contributed by atoms with van der Waals surface area (Å²) in [5, 5.41) is 8.99. The Kier molecular flexibility index (Phi) is 1.73. The molecule has 0 aromatic rings. The molecule has 0 bridgehead atoms. The normalized spacial score (nSPS) is 25.4. The fourth-order valence-corrected chi connectivity index (χ4v) is 0.774. The van der Waals surface area contributed by atoms with Gasteiger partial charge in [-0.2, -0.15) is 0 Å². The van der Waals surface area contributed by atoms with Gasteiger partial charge in [-0.15, -0.1) is 0 Å². The van der Waals surface area contributed by atoms with E-state index in [9.17, 15) is 0 Å². The molecule has 1 unspecified atom stereocenters. The largest absolute Gasteiger partial charge is 0.508 e. The molecule has 1 atom stereocenters. The van der Waals surface area contributed by atoms with Gasteiger partial charge in [-0.05, 0) is 18.1 Å². The molecule has 0 aliphatic heterocycles. The first-order valence-electron chi connectivity index (χ1n) is 3.04. The van der Waals surface area contributed by atoms with E-state index in [0.717, 1.165) is 0 Å². The molecule has 9 heavy (non-hydrogen) atoms. The highest BCUT2D eigenvalue weighted by Crippen LogP contribution is 2.07. The molecule has 0 radical (unpaired) electrons. The van der Waals surface area contributed by atoms with Crippen molar-refractivity contribution < 1.29 is 5.11 Å². The van der Waals surface area contributed by atoms with Crippen LogP contribution in [0.5, 0.6) is 0 Å². The maximum Gasteiger partial charge on any atom is 0.112 e. The Balaban J connectivity index is 2.77. The standard InChI is InChI=1S/C8H10O/c1-7-4-2-3-5-8(9)6-7/h2-7,9H,1H3. The lowest BCUT2D eigenvalue weighted by Gasteiger charge is -1.94. The Bertz CT molecular complexity index is 175. The van der Waals surface area contributed by atoms with E-state index in [1.807, 2.05) is 25.2 Å². The Hall–Kier alpha value is -0.980. The molecule has 1 rings (SSSR count). The summed E-state index contributed by atoms with van der Waals surface area (Å²) in [6.45, 7) is 2.03. The summed E-state index contributed by atoms with van der Waals surface area (Å²) in [6.07, 6.45) is 9.28. The Morgan fingerprint density at radius 1 is 1.44 bits per heavy atom. The van der Waals surface area contributed by atoms with Crippen LogP contribution in [0.3, 0.4) is 0 Å². The van der Waals surface area contributed by atoms with Crippen molar-refractivity contribution >= 4 is 0 Å². The van der Waals surface area contributed by atoms with Crippen LogP contribution in [-0.4, -0.2) is 5.11 Å². The quantitative estimate of drug-likeness (QED) is 0.522. The zero-order valence-electron chi connectivity index (χ0n) is 5.41. The van der Waals surface area contributed by atoms with Crippen LogP contribution in [0, 0.1) is 5.92 Å². The average molecular weight is 122 g/mol. The highest BCUT2D eigenvalue weighted by atomic mass is 16.3. The molecule has 0 aromatic heterocycles. The molecule has 0 heterocycles. The number of allylic oxidation sites excluding steroid dienone is 5. The SMILES string of the molecule is CC1C=CC=CC(O)=C1. The molecular formula is C8H10O. The lowest BCUT2D eigenvalue weighted by atomic mass is 10.1. The van der Waals surface area contributed by atoms with Gasteiger partial charge < -0.3 is 5.11 Å². The van der Waals surface area contributed by atoms with Gasteiger partial charge in [0, 0.05) is 0 Å². The molecule has 0 fully saturated rings. The van der Waals surface area contributed by atoms with Crippen LogP contribution in [0.25, 0.3) is 0 Å². The van der Waals surface area contributed by atoms with Gasteiger partial charge in [0.05, 0.1) is 0 Å². The van der Waals surface area contributed by atoms with Crippen molar-refractivity contribution in [3.8, 4) is 0 Å². The summed E-state index contributed by atoms with van der Waals surface area (Å²) < 4.78 is 0. The van der Waals surface area contributed by atoms with E-state index in [4.69, 9.17) is 5.11 Å². The molecule has 0 aromatic carbocycles. The van der Waals surface area contributed by atoms with E-state index < -0.39 is 0 Å². The first-order chi connectivity index (χ1) is 4.29. The zero-order chi connectivity index (χ0) is 6.69. The van der Waals surface area contributed by atoms with Crippen molar-refractivity contribution in [3.63, 3.8) is 0 Å². The van der Waals surface area contributed by atoms with Crippen LogP contribution >= 0.6 is 0 Å². The highest BCUT2D eigenvalue weighted by Gasteiger charge is 1.94. The summed E-state index contributed by atoms with van der Waals surface area (Å²) in [6, 6.07) is 0. The lowest BCUT2D eigenvalue weighted by molar-refractivity contribution is 0.428. The maximum absolute atomic E-state index is 8.99. The molecule has 0 saturated carbocycles.